The summed E-state index contributed by atoms with van der Waals surface area (Å²) in [6, 6.07) is 2.28. The van der Waals surface area contributed by atoms with E-state index in [1.54, 1.807) is 0 Å². The zero-order valence-corrected chi connectivity index (χ0v) is 8.75. The van der Waals surface area contributed by atoms with Gasteiger partial charge in [0, 0.05) is 18.9 Å². The molecule has 2 heteroatoms. The predicted molar refractivity (Wildman–Crippen MR) is 58.7 cm³/mol. The molecule has 0 fully saturated rings. The second kappa shape index (κ2) is 5.41. The lowest BCUT2D eigenvalue weighted by molar-refractivity contribution is 0.591. The SMILES string of the molecule is C#CC(CC)NCc1cncc(C)c1. The van der Waals surface area contributed by atoms with Gasteiger partial charge in [-0.1, -0.05) is 18.9 Å². The Morgan fingerprint density at radius 3 is 2.93 bits per heavy atom. The van der Waals surface area contributed by atoms with E-state index in [0.29, 0.717) is 0 Å². The van der Waals surface area contributed by atoms with E-state index in [2.05, 4.69) is 29.2 Å². The molecule has 0 aliphatic rings. The lowest BCUT2D eigenvalue weighted by atomic mass is 10.2. The summed E-state index contributed by atoms with van der Waals surface area (Å²) >= 11 is 0. The quantitative estimate of drug-likeness (QED) is 0.730. The minimum atomic E-state index is 0.163. The summed E-state index contributed by atoms with van der Waals surface area (Å²) in [6.45, 7) is 4.90. The normalized spacial score (nSPS) is 12.1. The summed E-state index contributed by atoms with van der Waals surface area (Å²) in [5, 5.41) is 3.29. The molecule has 0 aliphatic carbocycles. The van der Waals surface area contributed by atoms with Gasteiger partial charge in [-0.25, -0.2) is 0 Å². The highest BCUT2D eigenvalue weighted by Crippen LogP contribution is 2.01. The number of nitrogens with one attached hydrogen (secondary N) is 1. The third-order valence-electron chi connectivity index (χ3n) is 2.09. The molecule has 1 unspecified atom stereocenters. The van der Waals surface area contributed by atoms with E-state index >= 15 is 0 Å². The maximum absolute atomic E-state index is 5.35. The van der Waals surface area contributed by atoms with E-state index < -0.39 is 0 Å². The van der Waals surface area contributed by atoms with Crippen LogP contribution in [0.1, 0.15) is 24.5 Å². The van der Waals surface area contributed by atoms with E-state index in [1.807, 2.05) is 19.3 Å². The highest BCUT2D eigenvalue weighted by Gasteiger charge is 2.00. The van der Waals surface area contributed by atoms with Crippen molar-refractivity contribution < 1.29 is 0 Å². The van der Waals surface area contributed by atoms with Crippen molar-refractivity contribution in [1.82, 2.24) is 10.3 Å². The zero-order chi connectivity index (χ0) is 10.4. The number of aromatic nitrogens is 1. The Balaban J connectivity index is 2.50. The molecule has 0 amide bonds. The molecule has 0 spiro atoms. The Morgan fingerprint density at radius 1 is 1.57 bits per heavy atom. The minimum absolute atomic E-state index is 0.163. The van der Waals surface area contributed by atoms with Crippen LogP contribution in [0.4, 0.5) is 0 Å². The molecule has 2 nitrogen and oxygen atoms in total. The number of hydrogen-bond donors (Lipinski definition) is 1. The van der Waals surface area contributed by atoms with Gasteiger partial charge in [0.15, 0.2) is 0 Å². The Bertz CT molecular complexity index is 325. The van der Waals surface area contributed by atoms with Crippen LogP contribution < -0.4 is 5.32 Å². The van der Waals surface area contributed by atoms with Gasteiger partial charge in [-0.3, -0.25) is 10.3 Å². The molecule has 1 atom stereocenters. The van der Waals surface area contributed by atoms with Crippen molar-refractivity contribution in [2.45, 2.75) is 32.9 Å². The van der Waals surface area contributed by atoms with Gasteiger partial charge in [-0.15, -0.1) is 6.42 Å². The number of nitrogens with zero attached hydrogens (tertiary/aromatic N) is 1. The fourth-order valence-corrected chi connectivity index (χ4v) is 1.28. The van der Waals surface area contributed by atoms with Crippen molar-refractivity contribution in [3.63, 3.8) is 0 Å². The molecular formula is C12H16N2. The molecule has 1 heterocycles. The second-order valence-corrected chi connectivity index (χ2v) is 3.38. The molecule has 1 rings (SSSR count). The zero-order valence-electron chi connectivity index (χ0n) is 8.75. The molecule has 1 aromatic rings. The first kappa shape index (κ1) is 10.7. The molecule has 0 aromatic carbocycles. The number of terminal acetylenes is 1. The van der Waals surface area contributed by atoms with E-state index in [4.69, 9.17) is 6.42 Å². The highest BCUT2D eigenvalue weighted by atomic mass is 14.9. The Kier molecular flexibility index (Phi) is 4.15. The second-order valence-electron chi connectivity index (χ2n) is 3.38. The van der Waals surface area contributed by atoms with Gasteiger partial charge in [0.05, 0.1) is 6.04 Å². The molecule has 1 aromatic heterocycles. The maximum Gasteiger partial charge on any atom is 0.0686 e. The molecule has 74 valence electrons. The van der Waals surface area contributed by atoms with Gasteiger partial charge in [0.1, 0.15) is 0 Å². The standard InChI is InChI=1S/C12H16N2/c1-4-12(5-2)14-9-11-6-10(3)7-13-8-11/h1,6-8,12,14H,5,9H2,2-3H3. The third-order valence-corrected chi connectivity index (χ3v) is 2.09. The first-order valence-electron chi connectivity index (χ1n) is 4.86. The van der Waals surface area contributed by atoms with Crippen LogP contribution >= 0.6 is 0 Å². The topological polar surface area (TPSA) is 24.9 Å². The van der Waals surface area contributed by atoms with Crippen LogP contribution in [0, 0.1) is 19.3 Å². The molecule has 0 aliphatic heterocycles. The maximum atomic E-state index is 5.35. The van der Waals surface area contributed by atoms with Crippen LogP contribution in [0.3, 0.4) is 0 Å². The van der Waals surface area contributed by atoms with Crippen molar-refractivity contribution >= 4 is 0 Å². The van der Waals surface area contributed by atoms with Crippen molar-refractivity contribution in [2.24, 2.45) is 0 Å². The van der Waals surface area contributed by atoms with Crippen molar-refractivity contribution in [1.29, 1.82) is 0 Å². The van der Waals surface area contributed by atoms with E-state index in [9.17, 15) is 0 Å². The molecular weight excluding hydrogens is 172 g/mol. The van der Waals surface area contributed by atoms with Crippen molar-refractivity contribution in [3.05, 3.63) is 29.6 Å². The number of aryl methyl sites for hydroxylation is 1. The predicted octanol–water partition coefficient (Wildman–Crippen LogP) is 1.89. The number of rotatable bonds is 4. The summed E-state index contributed by atoms with van der Waals surface area (Å²) < 4.78 is 0. The van der Waals surface area contributed by atoms with E-state index in [1.165, 1.54) is 11.1 Å². The fraction of sp³-hybridized carbons (Fsp3) is 0.417. The summed E-state index contributed by atoms with van der Waals surface area (Å²) in [4.78, 5) is 4.12. The van der Waals surface area contributed by atoms with Gasteiger partial charge >= 0.3 is 0 Å². The first-order chi connectivity index (χ1) is 6.76. The van der Waals surface area contributed by atoms with Gasteiger partial charge in [0.25, 0.3) is 0 Å². The van der Waals surface area contributed by atoms with Crippen molar-refractivity contribution in [2.75, 3.05) is 0 Å². The van der Waals surface area contributed by atoms with Crippen molar-refractivity contribution in [3.8, 4) is 12.3 Å². The van der Waals surface area contributed by atoms with Crippen LogP contribution in [-0.2, 0) is 6.54 Å². The first-order valence-corrected chi connectivity index (χ1v) is 4.86. The smallest absolute Gasteiger partial charge is 0.0686 e. The van der Waals surface area contributed by atoms with Crippen LogP contribution in [0.2, 0.25) is 0 Å². The van der Waals surface area contributed by atoms with E-state index in [0.717, 1.165) is 13.0 Å². The average Bonchev–Trinajstić information content (AvgIpc) is 2.19. The van der Waals surface area contributed by atoms with Gasteiger partial charge in [-0.2, -0.15) is 0 Å². The molecule has 0 radical (unpaired) electrons. The summed E-state index contributed by atoms with van der Waals surface area (Å²) in [7, 11) is 0. The molecule has 14 heavy (non-hydrogen) atoms. The highest BCUT2D eigenvalue weighted by molar-refractivity contribution is 5.16. The Hall–Kier alpha value is -1.33. The lowest BCUT2D eigenvalue weighted by Crippen LogP contribution is -2.26. The minimum Gasteiger partial charge on any atom is -0.300 e. The van der Waals surface area contributed by atoms with Gasteiger partial charge < -0.3 is 0 Å². The number of pyridine rings is 1. The third kappa shape index (κ3) is 3.20. The van der Waals surface area contributed by atoms with E-state index in [-0.39, 0.29) is 6.04 Å². The average molecular weight is 188 g/mol. The van der Waals surface area contributed by atoms with Crippen LogP contribution in [0.15, 0.2) is 18.5 Å². The summed E-state index contributed by atoms with van der Waals surface area (Å²) in [6.07, 6.45) is 10.0. The molecule has 1 N–H and O–H groups in total. The Labute approximate surface area is 85.8 Å². The van der Waals surface area contributed by atoms with Gasteiger partial charge in [-0.05, 0) is 24.5 Å². The molecule has 0 saturated heterocycles. The van der Waals surface area contributed by atoms with Crippen LogP contribution in [-0.4, -0.2) is 11.0 Å². The monoisotopic (exact) mass is 188 g/mol. The van der Waals surface area contributed by atoms with Crippen LogP contribution in [0.25, 0.3) is 0 Å². The molecule has 0 bridgehead atoms. The van der Waals surface area contributed by atoms with Crippen LogP contribution in [0.5, 0.6) is 0 Å². The lowest BCUT2D eigenvalue weighted by Gasteiger charge is -2.10. The Morgan fingerprint density at radius 2 is 2.36 bits per heavy atom. The summed E-state index contributed by atoms with van der Waals surface area (Å²) in [5.41, 5.74) is 2.36. The number of hydrogen-bond acceptors (Lipinski definition) is 2. The van der Waals surface area contributed by atoms with Gasteiger partial charge in [0.2, 0.25) is 0 Å². The summed E-state index contributed by atoms with van der Waals surface area (Å²) in [5.74, 6) is 2.71. The largest absolute Gasteiger partial charge is 0.300 e. The molecule has 0 saturated carbocycles. The fourth-order valence-electron chi connectivity index (χ4n) is 1.28.